The molecule has 0 bridgehead atoms. The predicted octanol–water partition coefficient (Wildman–Crippen LogP) is 2.34. The van der Waals surface area contributed by atoms with Crippen LogP contribution in [0.25, 0.3) is 0 Å². The van der Waals surface area contributed by atoms with E-state index in [1.54, 1.807) is 0 Å². The second kappa shape index (κ2) is 7.67. The number of hydrogen-bond acceptors (Lipinski definition) is 3. The Balaban J connectivity index is 2.40. The molecule has 0 fully saturated rings. The number of carboxylic acid groups (broad SMARTS) is 1. The van der Waals surface area contributed by atoms with E-state index < -0.39 is 5.97 Å². The normalized spacial score (nSPS) is 11.0. The van der Waals surface area contributed by atoms with E-state index in [1.807, 2.05) is 24.3 Å². The van der Waals surface area contributed by atoms with Gasteiger partial charge in [-0.2, -0.15) is 0 Å². The van der Waals surface area contributed by atoms with Gasteiger partial charge in [0.1, 0.15) is 12.3 Å². The number of rotatable bonds is 8. The molecule has 0 unspecified atom stereocenters. The van der Waals surface area contributed by atoms with Gasteiger partial charge in [-0.1, -0.05) is 32.9 Å². The van der Waals surface area contributed by atoms with Gasteiger partial charge in [0.2, 0.25) is 5.91 Å². The number of aliphatic carboxylic acids is 1. The van der Waals surface area contributed by atoms with Crippen molar-refractivity contribution < 1.29 is 19.4 Å². The molecule has 0 saturated heterocycles. The lowest BCUT2D eigenvalue weighted by molar-refractivity contribution is -0.138. The standard InChI is InChI=1S/C16H23NO4/c1-4-16(2,3)12-5-7-13(8-6-12)21-10-9-14(18)17-11-15(19)20/h5-8H,4,9-11H2,1-3H3,(H,17,18)(H,19,20). The molecule has 0 atom stereocenters. The average molecular weight is 293 g/mol. The van der Waals surface area contributed by atoms with Crippen molar-refractivity contribution in [2.75, 3.05) is 13.2 Å². The summed E-state index contributed by atoms with van der Waals surface area (Å²) >= 11 is 0. The fourth-order valence-corrected chi connectivity index (χ4v) is 1.73. The fraction of sp³-hybridized carbons (Fsp3) is 0.500. The first kappa shape index (κ1) is 17.0. The maximum absolute atomic E-state index is 11.3. The number of carbonyl (C=O) groups is 2. The van der Waals surface area contributed by atoms with Gasteiger partial charge in [-0.15, -0.1) is 0 Å². The van der Waals surface area contributed by atoms with Crippen LogP contribution in [-0.2, 0) is 15.0 Å². The Morgan fingerprint density at radius 1 is 1.24 bits per heavy atom. The molecule has 0 spiro atoms. The Morgan fingerprint density at radius 2 is 1.86 bits per heavy atom. The summed E-state index contributed by atoms with van der Waals surface area (Å²) < 4.78 is 5.48. The van der Waals surface area contributed by atoms with Gasteiger partial charge >= 0.3 is 5.97 Å². The highest BCUT2D eigenvalue weighted by molar-refractivity contribution is 5.81. The van der Waals surface area contributed by atoms with Crippen LogP contribution in [0.2, 0.25) is 0 Å². The molecule has 21 heavy (non-hydrogen) atoms. The quantitative estimate of drug-likeness (QED) is 0.771. The molecule has 0 aliphatic rings. The van der Waals surface area contributed by atoms with Crippen molar-refractivity contribution in [1.82, 2.24) is 5.32 Å². The highest BCUT2D eigenvalue weighted by Gasteiger charge is 2.17. The van der Waals surface area contributed by atoms with Crippen molar-refractivity contribution in [1.29, 1.82) is 0 Å². The molecular weight excluding hydrogens is 270 g/mol. The van der Waals surface area contributed by atoms with Crippen LogP contribution in [-0.4, -0.2) is 30.1 Å². The zero-order valence-corrected chi connectivity index (χ0v) is 12.8. The van der Waals surface area contributed by atoms with E-state index in [0.717, 1.165) is 6.42 Å². The average Bonchev–Trinajstić information content (AvgIpc) is 2.45. The molecule has 1 amide bonds. The number of hydrogen-bond donors (Lipinski definition) is 2. The fourth-order valence-electron chi connectivity index (χ4n) is 1.73. The molecule has 0 aliphatic carbocycles. The SMILES string of the molecule is CCC(C)(C)c1ccc(OCCC(=O)NCC(=O)O)cc1. The number of carboxylic acids is 1. The van der Waals surface area contributed by atoms with Gasteiger partial charge in [0.15, 0.2) is 0 Å². The molecule has 5 heteroatoms. The molecule has 2 N–H and O–H groups in total. The summed E-state index contributed by atoms with van der Waals surface area (Å²) in [6.45, 7) is 6.40. The molecule has 0 aromatic heterocycles. The van der Waals surface area contributed by atoms with Gasteiger partial charge in [0.05, 0.1) is 13.0 Å². The second-order valence-corrected chi connectivity index (χ2v) is 5.53. The highest BCUT2D eigenvalue weighted by Crippen LogP contribution is 2.27. The first-order valence-electron chi connectivity index (χ1n) is 7.07. The van der Waals surface area contributed by atoms with Crippen LogP contribution in [0.1, 0.15) is 39.2 Å². The van der Waals surface area contributed by atoms with E-state index in [-0.39, 0.29) is 30.9 Å². The van der Waals surface area contributed by atoms with E-state index in [2.05, 4.69) is 26.1 Å². The van der Waals surface area contributed by atoms with Gasteiger partial charge in [-0.3, -0.25) is 9.59 Å². The smallest absolute Gasteiger partial charge is 0.322 e. The molecule has 1 aromatic rings. The Hall–Kier alpha value is -2.04. The molecular formula is C16H23NO4. The van der Waals surface area contributed by atoms with Gasteiger partial charge < -0.3 is 15.2 Å². The summed E-state index contributed by atoms with van der Waals surface area (Å²) in [5.74, 6) is -0.684. The van der Waals surface area contributed by atoms with Crippen LogP contribution in [0.4, 0.5) is 0 Å². The second-order valence-electron chi connectivity index (χ2n) is 5.53. The molecule has 1 rings (SSSR count). The first-order chi connectivity index (χ1) is 9.85. The Bertz CT molecular complexity index is 480. The Kier molecular flexibility index (Phi) is 6.21. The molecule has 0 heterocycles. The van der Waals surface area contributed by atoms with Gasteiger partial charge in [0.25, 0.3) is 0 Å². The minimum atomic E-state index is -1.06. The Morgan fingerprint density at radius 3 is 2.38 bits per heavy atom. The third kappa shape index (κ3) is 5.85. The van der Waals surface area contributed by atoms with E-state index in [1.165, 1.54) is 5.56 Å². The van der Waals surface area contributed by atoms with Crippen LogP contribution in [0.15, 0.2) is 24.3 Å². The number of benzene rings is 1. The molecule has 1 aromatic carbocycles. The van der Waals surface area contributed by atoms with Crippen LogP contribution >= 0.6 is 0 Å². The largest absolute Gasteiger partial charge is 0.493 e. The van der Waals surface area contributed by atoms with Crippen molar-refractivity contribution in [3.63, 3.8) is 0 Å². The molecule has 116 valence electrons. The first-order valence-corrected chi connectivity index (χ1v) is 7.07. The lowest BCUT2D eigenvalue weighted by atomic mass is 9.82. The number of amides is 1. The van der Waals surface area contributed by atoms with Crippen molar-refractivity contribution in [2.24, 2.45) is 0 Å². The summed E-state index contributed by atoms with van der Waals surface area (Å²) in [5, 5.41) is 10.7. The number of nitrogens with one attached hydrogen (secondary N) is 1. The van der Waals surface area contributed by atoms with Gasteiger partial charge in [0, 0.05) is 0 Å². The van der Waals surface area contributed by atoms with Crippen LogP contribution in [0.3, 0.4) is 0 Å². The summed E-state index contributed by atoms with van der Waals surface area (Å²) in [6.07, 6.45) is 1.19. The summed E-state index contributed by atoms with van der Waals surface area (Å²) in [5.41, 5.74) is 1.38. The van der Waals surface area contributed by atoms with E-state index in [9.17, 15) is 9.59 Å². The van der Waals surface area contributed by atoms with Crippen LogP contribution < -0.4 is 10.1 Å². The number of ether oxygens (including phenoxy) is 1. The highest BCUT2D eigenvalue weighted by atomic mass is 16.5. The summed E-state index contributed by atoms with van der Waals surface area (Å²) in [6, 6.07) is 7.84. The maximum Gasteiger partial charge on any atom is 0.322 e. The van der Waals surface area contributed by atoms with Crippen molar-refractivity contribution >= 4 is 11.9 Å². The molecule has 0 radical (unpaired) electrons. The Labute approximate surface area is 125 Å². The van der Waals surface area contributed by atoms with Crippen molar-refractivity contribution in [3.05, 3.63) is 29.8 Å². The monoisotopic (exact) mass is 293 g/mol. The van der Waals surface area contributed by atoms with Crippen molar-refractivity contribution in [3.8, 4) is 5.75 Å². The van der Waals surface area contributed by atoms with Crippen molar-refractivity contribution in [2.45, 2.75) is 39.0 Å². The zero-order valence-electron chi connectivity index (χ0n) is 12.8. The zero-order chi connectivity index (χ0) is 15.9. The molecule has 0 saturated carbocycles. The third-order valence-electron chi connectivity index (χ3n) is 3.55. The number of carbonyl (C=O) groups excluding carboxylic acids is 1. The third-order valence-corrected chi connectivity index (χ3v) is 3.55. The summed E-state index contributed by atoms with van der Waals surface area (Å²) in [4.78, 5) is 21.6. The topological polar surface area (TPSA) is 75.6 Å². The van der Waals surface area contributed by atoms with E-state index in [0.29, 0.717) is 5.75 Å². The molecule has 5 nitrogen and oxygen atoms in total. The minimum absolute atomic E-state index is 0.134. The predicted molar refractivity (Wildman–Crippen MR) is 80.5 cm³/mol. The van der Waals surface area contributed by atoms with Crippen LogP contribution in [0.5, 0.6) is 5.75 Å². The lowest BCUT2D eigenvalue weighted by Gasteiger charge is -2.23. The maximum atomic E-state index is 11.3. The van der Waals surface area contributed by atoms with E-state index in [4.69, 9.17) is 9.84 Å². The van der Waals surface area contributed by atoms with Gasteiger partial charge in [-0.25, -0.2) is 0 Å². The van der Waals surface area contributed by atoms with E-state index >= 15 is 0 Å². The van der Waals surface area contributed by atoms with Crippen LogP contribution in [0, 0.1) is 0 Å². The lowest BCUT2D eigenvalue weighted by Crippen LogP contribution is -2.30. The molecule has 0 aliphatic heterocycles. The van der Waals surface area contributed by atoms with Gasteiger partial charge in [-0.05, 0) is 29.5 Å². The summed E-state index contributed by atoms with van der Waals surface area (Å²) in [7, 11) is 0. The minimum Gasteiger partial charge on any atom is -0.493 e.